The first kappa shape index (κ1) is 39.2. The van der Waals surface area contributed by atoms with E-state index in [9.17, 15) is 24.0 Å². The second-order valence-corrected chi connectivity index (χ2v) is 17.9. The van der Waals surface area contributed by atoms with Crippen molar-refractivity contribution in [2.24, 2.45) is 34.8 Å². The Kier molecular flexibility index (Phi) is 13.5. The number of likely N-dealkylation sites (tertiary alicyclic amines) is 1. The first-order valence-electron chi connectivity index (χ1n) is 19.3. The van der Waals surface area contributed by atoms with Gasteiger partial charge in [0.1, 0.15) is 6.04 Å². The van der Waals surface area contributed by atoms with Crippen LogP contribution >= 0.6 is 22.6 Å². The lowest BCUT2D eigenvalue weighted by Gasteiger charge is -2.44. The SMILES string of the molecule is C[C@@H]1CN(C[C@@H](NC(=O)NC(I)C(=O)N2CC(C(C)(C)C3CCC3)C[C@H]2C(=O)NC(CC2CCC2)C(=O)C(N)=O)C2CCCCC2)C[C@H](C)O1. The molecule has 0 aromatic rings. The summed E-state index contributed by atoms with van der Waals surface area (Å²) in [5.74, 6) is -1.44. The molecule has 5 aliphatic rings. The smallest absolute Gasteiger partial charge is 0.316 e. The van der Waals surface area contributed by atoms with Crippen molar-refractivity contribution in [2.75, 3.05) is 26.2 Å². The summed E-state index contributed by atoms with van der Waals surface area (Å²) in [5, 5.41) is 9.00. The number of nitrogens with zero attached hydrogens (tertiary/aromatic N) is 2. The molecule has 5 fully saturated rings. The first-order valence-corrected chi connectivity index (χ1v) is 20.5. The molecule has 5 rings (SSSR count). The summed E-state index contributed by atoms with van der Waals surface area (Å²) >= 11 is 1.96. The van der Waals surface area contributed by atoms with Gasteiger partial charge in [0.05, 0.1) is 18.2 Å². The number of halogens is 1. The van der Waals surface area contributed by atoms with E-state index in [0.717, 1.165) is 77.4 Å². The average molecular weight is 813 g/mol. The Hall–Kier alpha value is -2.00. The normalized spacial score (nSPS) is 28.9. The van der Waals surface area contributed by atoms with Crippen LogP contribution in [0.4, 0.5) is 4.79 Å². The predicted octanol–water partition coefficient (Wildman–Crippen LogP) is 3.88. The van der Waals surface area contributed by atoms with Crippen molar-refractivity contribution in [3.8, 4) is 0 Å². The van der Waals surface area contributed by atoms with Crippen molar-refractivity contribution in [2.45, 2.75) is 146 Å². The van der Waals surface area contributed by atoms with Crippen LogP contribution in [0.2, 0.25) is 0 Å². The number of carbonyl (C=O) groups is 5. The minimum Gasteiger partial charge on any atom is -0.373 e. The lowest BCUT2D eigenvalue weighted by Crippen LogP contribution is -2.58. The number of carbonyl (C=O) groups excluding carboxylic acids is 5. The number of alkyl halides is 1. The summed E-state index contributed by atoms with van der Waals surface area (Å²) in [4.78, 5) is 70.5. The molecule has 12 nitrogen and oxygen atoms in total. The second-order valence-electron chi connectivity index (χ2n) is 16.7. The van der Waals surface area contributed by atoms with Crippen molar-refractivity contribution < 1.29 is 28.7 Å². The number of hydrogen-bond donors (Lipinski definition) is 4. The molecule has 0 aromatic heterocycles. The molecule has 282 valence electrons. The van der Waals surface area contributed by atoms with E-state index in [-0.39, 0.29) is 47.4 Å². The van der Waals surface area contributed by atoms with Gasteiger partial charge in [-0.05, 0) is 104 Å². The molecule has 50 heavy (non-hydrogen) atoms. The maximum atomic E-state index is 14.2. The molecule has 3 unspecified atom stereocenters. The predicted molar refractivity (Wildman–Crippen MR) is 199 cm³/mol. The zero-order valence-corrected chi connectivity index (χ0v) is 32.8. The number of hydrogen-bond acceptors (Lipinski definition) is 7. The molecule has 0 spiro atoms. The Labute approximate surface area is 312 Å². The van der Waals surface area contributed by atoms with Crippen molar-refractivity contribution in [1.82, 2.24) is 25.8 Å². The molecule has 3 saturated carbocycles. The van der Waals surface area contributed by atoms with Crippen LogP contribution in [-0.4, -0.2) is 99.9 Å². The summed E-state index contributed by atoms with van der Waals surface area (Å²) in [6.45, 7) is 11.4. The number of primary amides is 1. The van der Waals surface area contributed by atoms with Gasteiger partial charge in [-0.1, -0.05) is 58.8 Å². The molecule has 13 heteroatoms. The van der Waals surface area contributed by atoms with Crippen LogP contribution in [0, 0.1) is 29.1 Å². The number of nitrogens with two attached hydrogens (primary N) is 1. The number of ketones is 1. The molecular formula is C37H61IN6O6. The van der Waals surface area contributed by atoms with Gasteiger partial charge in [0.15, 0.2) is 4.05 Å². The molecular weight excluding hydrogens is 751 g/mol. The third-order valence-corrected chi connectivity index (χ3v) is 13.6. The minimum atomic E-state index is -1.07. The van der Waals surface area contributed by atoms with Crippen molar-refractivity contribution in [1.29, 1.82) is 0 Å². The Morgan fingerprint density at radius 3 is 2.04 bits per heavy atom. The van der Waals surface area contributed by atoms with E-state index in [2.05, 4.69) is 48.5 Å². The van der Waals surface area contributed by atoms with Crippen LogP contribution < -0.4 is 21.7 Å². The largest absolute Gasteiger partial charge is 0.373 e. The van der Waals surface area contributed by atoms with Crippen LogP contribution in [0.5, 0.6) is 0 Å². The molecule has 2 heterocycles. The Morgan fingerprint density at radius 1 is 0.840 bits per heavy atom. The van der Waals surface area contributed by atoms with E-state index in [4.69, 9.17) is 10.5 Å². The monoisotopic (exact) mass is 812 g/mol. The van der Waals surface area contributed by atoms with Gasteiger partial charge < -0.3 is 31.3 Å². The molecule has 0 aromatic carbocycles. The molecule has 2 saturated heterocycles. The van der Waals surface area contributed by atoms with Crippen LogP contribution in [-0.2, 0) is 23.9 Å². The fourth-order valence-corrected chi connectivity index (χ4v) is 9.82. The summed E-state index contributed by atoms with van der Waals surface area (Å²) in [6.07, 6.45) is 13.1. The quantitative estimate of drug-likeness (QED) is 0.0896. The molecule has 0 bridgehead atoms. The van der Waals surface area contributed by atoms with Gasteiger partial charge in [-0.2, -0.15) is 0 Å². The standard InChI is InChI=1S/C37H61IN6O6/c1-22-18-43(19-23(2)50-22)21-29(25-12-6-5-7-13-25)41-36(49)42-32(38)35(48)44-20-27(37(3,4)26-14-9-15-26)17-30(44)34(47)40-28(31(45)33(39)46)16-24-10-8-11-24/h22-30,32H,5-21H2,1-4H3,(H2,39,46)(H,40,47)(H2,41,42,49)/t22-,23+,27?,28?,29-,30+,32?/m1/s1. The van der Waals surface area contributed by atoms with Gasteiger partial charge in [-0.15, -0.1) is 0 Å². The maximum absolute atomic E-state index is 14.2. The van der Waals surface area contributed by atoms with Gasteiger partial charge in [-0.25, -0.2) is 4.79 Å². The fourth-order valence-electron chi connectivity index (χ4n) is 9.18. The zero-order valence-electron chi connectivity index (χ0n) is 30.6. The van der Waals surface area contributed by atoms with E-state index >= 15 is 0 Å². The van der Waals surface area contributed by atoms with Crippen molar-refractivity contribution in [3.05, 3.63) is 0 Å². The highest BCUT2D eigenvalue weighted by Gasteiger charge is 2.50. The van der Waals surface area contributed by atoms with Gasteiger partial charge in [0, 0.05) is 32.2 Å². The number of urea groups is 1. The first-order chi connectivity index (χ1) is 23.7. The summed E-state index contributed by atoms with van der Waals surface area (Å²) in [5.41, 5.74) is 5.29. The lowest BCUT2D eigenvalue weighted by atomic mass is 9.61. The van der Waals surface area contributed by atoms with Crippen LogP contribution in [0.3, 0.4) is 0 Å². The Morgan fingerprint density at radius 2 is 1.48 bits per heavy atom. The third-order valence-electron chi connectivity index (χ3n) is 12.7. The molecule has 3 aliphatic carbocycles. The number of Topliss-reactive ketones (excluding diaryl/α,β-unsaturated/α-hetero) is 1. The maximum Gasteiger partial charge on any atom is 0.316 e. The summed E-state index contributed by atoms with van der Waals surface area (Å²) in [6, 6.07) is -2.27. The topological polar surface area (TPSA) is 163 Å². The van der Waals surface area contributed by atoms with Gasteiger partial charge in [0.25, 0.3) is 11.8 Å². The number of rotatable bonds is 14. The number of nitrogens with one attached hydrogen (secondary N) is 3. The summed E-state index contributed by atoms with van der Waals surface area (Å²) in [7, 11) is 0. The number of morpholine rings is 1. The Bertz CT molecular complexity index is 1230. The minimum absolute atomic E-state index is 0.0557. The Balaban J connectivity index is 1.27. The highest BCUT2D eigenvalue weighted by atomic mass is 127. The highest BCUT2D eigenvalue weighted by Crippen LogP contribution is 2.50. The van der Waals surface area contributed by atoms with E-state index in [0.29, 0.717) is 31.2 Å². The van der Waals surface area contributed by atoms with E-state index in [1.807, 2.05) is 22.6 Å². The van der Waals surface area contributed by atoms with Crippen LogP contribution in [0.1, 0.15) is 111 Å². The lowest BCUT2D eigenvalue weighted by molar-refractivity contribution is -0.141. The van der Waals surface area contributed by atoms with Gasteiger partial charge in [-0.3, -0.25) is 24.1 Å². The van der Waals surface area contributed by atoms with Crippen molar-refractivity contribution in [3.63, 3.8) is 0 Å². The molecule has 0 radical (unpaired) electrons. The zero-order chi connectivity index (χ0) is 36.2. The highest BCUT2D eigenvalue weighted by molar-refractivity contribution is 14.1. The third kappa shape index (κ3) is 9.70. The molecule has 5 amide bonds. The van der Waals surface area contributed by atoms with Crippen molar-refractivity contribution >= 4 is 52.1 Å². The molecule has 5 N–H and O–H groups in total. The molecule has 7 atom stereocenters. The van der Waals surface area contributed by atoms with E-state index in [1.165, 1.54) is 12.8 Å². The number of ether oxygens (including phenoxy) is 1. The van der Waals surface area contributed by atoms with Gasteiger partial charge in [0.2, 0.25) is 11.7 Å². The van der Waals surface area contributed by atoms with E-state index < -0.39 is 33.7 Å². The van der Waals surface area contributed by atoms with Crippen LogP contribution in [0.25, 0.3) is 0 Å². The molecule has 2 aliphatic heterocycles. The summed E-state index contributed by atoms with van der Waals surface area (Å²) < 4.78 is 5.05. The second kappa shape index (κ2) is 17.2. The average Bonchev–Trinajstić information content (AvgIpc) is 3.46. The van der Waals surface area contributed by atoms with Crippen LogP contribution in [0.15, 0.2) is 0 Å². The fraction of sp³-hybridized carbons (Fsp3) is 0.865. The van der Waals surface area contributed by atoms with E-state index in [1.54, 1.807) is 4.90 Å². The van der Waals surface area contributed by atoms with Gasteiger partial charge >= 0.3 is 6.03 Å². The number of amides is 5.